The van der Waals surface area contributed by atoms with Gasteiger partial charge < -0.3 is 5.11 Å². The summed E-state index contributed by atoms with van der Waals surface area (Å²) in [5.74, 6) is 2.62. The molecule has 1 fully saturated rings. The Bertz CT molecular complexity index is 260. The summed E-state index contributed by atoms with van der Waals surface area (Å²) >= 11 is 3.90. The summed E-state index contributed by atoms with van der Waals surface area (Å²) in [4.78, 5) is 10.4. The van der Waals surface area contributed by atoms with Gasteiger partial charge in [-0.05, 0) is 42.8 Å². The summed E-state index contributed by atoms with van der Waals surface area (Å²) in [5, 5.41) is 9.93. The fourth-order valence-electron chi connectivity index (χ4n) is 1.99. The molecule has 1 saturated heterocycles. The molecular formula is C13H22O2S2. The Morgan fingerprint density at radius 1 is 1.41 bits per heavy atom. The molecule has 1 N–H and O–H groups in total. The Morgan fingerprint density at radius 3 is 2.59 bits per heavy atom. The molecule has 1 aliphatic rings. The zero-order chi connectivity index (χ0) is 12.7. The monoisotopic (exact) mass is 274 g/mol. The second-order valence-corrected chi connectivity index (χ2v) is 7.55. The van der Waals surface area contributed by atoms with E-state index >= 15 is 0 Å². The predicted molar refractivity (Wildman–Crippen MR) is 77.5 cm³/mol. The molecule has 2 nitrogen and oxygen atoms in total. The quantitative estimate of drug-likeness (QED) is 0.596. The maximum atomic E-state index is 10.4. The van der Waals surface area contributed by atoms with Gasteiger partial charge in [0.05, 0.1) is 10.2 Å². The van der Waals surface area contributed by atoms with Crippen LogP contribution in [0.2, 0.25) is 0 Å². The highest BCUT2D eigenvalue weighted by atomic mass is 32.2. The zero-order valence-electron chi connectivity index (χ0n) is 10.6. The van der Waals surface area contributed by atoms with Gasteiger partial charge in [0.2, 0.25) is 0 Å². The minimum Gasteiger partial charge on any atom is -0.393 e. The van der Waals surface area contributed by atoms with Crippen molar-refractivity contribution < 1.29 is 9.90 Å². The van der Waals surface area contributed by atoms with Crippen molar-refractivity contribution in [2.75, 3.05) is 11.5 Å². The van der Waals surface area contributed by atoms with Crippen LogP contribution < -0.4 is 0 Å². The molecule has 98 valence electrons. The average molecular weight is 274 g/mol. The minimum absolute atomic E-state index is 0.0488. The molecule has 0 radical (unpaired) electrons. The van der Waals surface area contributed by atoms with Crippen molar-refractivity contribution >= 4 is 29.8 Å². The smallest absolute Gasteiger partial charge is 0.142 e. The van der Waals surface area contributed by atoms with E-state index in [2.05, 4.69) is 6.92 Å². The van der Waals surface area contributed by atoms with Crippen LogP contribution in [0.4, 0.5) is 0 Å². The average Bonchev–Trinajstić information content (AvgIpc) is 2.36. The number of aliphatic hydroxyl groups excluding tert-OH is 1. The molecule has 0 saturated carbocycles. The maximum Gasteiger partial charge on any atom is 0.142 e. The van der Waals surface area contributed by atoms with Gasteiger partial charge >= 0.3 is 0 Å². The van der Waals surface area contributed by atoms with Crippen molar-refractivity contribution in [3.8, 4) is 0 Å². The van der Waals surface area contributed by atoms with Crippen LogP contribution in [0.5, 0.6) is 0 Å². The molecule has 0 spiro atoms. The van der Waals surface area contributed by atoms with Crippen LogP contribution >= 0.6 is 23.5 Å². The molecule has 0 amide bonds. The molecule has 0 bridgehead atoms. The lowest BCUT2D eigenvalue weighted by atomic mass is 9.99. The van der Waals surface area contributed by atoms with Crippen molar-refractivity contribution in [3.05, 3.63) is 12.2 Å². The molecule has 4 heteroatoms. The predicted octanol–water partition coefficient (Wildman–Crippen LogP) is 3.11. The molecule has 1 rings (SSSR count). The Balaban J connectivity index is 2.76. The first kappa shape index (κ1) is 15.1. The van der Waals surface area contributed by atoms with Gasteiger partial charge in [-0.3, -0.25) is 4.79 Å². The van der Waals surface area contributed by atoms with Gasteiger partial charge in [0.1, 0.15) is 6.29 Å². The summed E-state index contributed by atoms with van der Waals surface area (Å²) in [6.07, 6.45) is 7.00. The molecule has 0 aromatic rings. The number of rotatable bonds is 6. The summed E-state index contributed by atoms with van der Waals surface area (Å²) in [6.45, 7) is 4.16. The van der Waals surface area contributed by atoms with Crippen molar-refractivity contribution in [1.29, 1.82) is 0 Å². The molecule has 17 heavy (non-hydrogen) atoms. The van der Waals surface area contributed by atoms with E-state index in [1.54, 1.807) is 6.08 Å². The lowest BCUT2D eigenvalue weighted by Crippen LogP contribution is -2.35. The topological polar surface area (TPSA) is 37.3 Å². The van der Waals surface area contributed by atoms with E-state index in [0.29, 0.717) is 5.92 Å². The summed E-state index contributed by atoms with van der Waals surface area (Å²) < 4.78 is 0.0488. The number of aliphatic hydroxyl groups is 1. The molecule has 0 aromatic carbocycles. The Labute approximate surface area is 113 Å². The zero-order valence-corrected chi connectivity index (χ0v) is 12.2. The first-order chi connectivity index (χ1) is 8.14. The first-order valence-electron chi connectivity index (χ1n) is 6.22. The van der Waals surface area contributed by atoms with Crippen LogP contribution in [0.1, 0.15) is 33.1 Å². The fourth-order valence-corrected chi connectivity index (χ4v) is 5.58. The molecular weight excluding hydrogens is 252 g/mol. The molecule has 1 heterocycles. The number of aldehydes is 1. The highest BCUT2D eigenvalue weighted by Gasteiger charge is 2.39. The SMILES string of the molecule is CC[C@@H](O)CC1([C@H](C)/C=C\C=O)SCCCS1. The second-order valence-electron chi connectivity index (χ2n) is 4.44. The highest BCUT2D eigenvalue weighted by Crippen LogP contribution is 2.51. The Hall–Kier alpha value is 0.0700. The van der Waals surface area contributed by atoms with Gasteiger partial charge in [-0.1, -0.05) is 19.9 Å². The summed E-state index contributed by atoms with van der Waals surface area (Å²) in [5.41, 5.74) is 0. The van der Waals surface area contributed by atoms with Crippen LogP contribution in [-0.2, 0) is 4.79 Å². The van der Waals surface area contributed by atoms with Gasteiger partial charge in [0.15, 0.2) is 0 Å². The third-order valence-corrected chi connectivity index (χ3v) is 6.89. The summed E-state index contributed by atoms with van der Waals surface area (Å²) in [6, 6.07) is 0. The number of carbonyl (C=O) groups is 1. The van der Waals surface area contributed by atoms with Crippen LogP contribution in [0.25, 0.3) is 0 Å². The number of allylic oxidation sites excluding steroid dienone is 2. The van der Waals surface area contributed by atoms with Gasteiger partial charge in [0.25, 0.3) is 0 Å². The molecule has 0 aromatic heterocycles. The number of hydrogen-bond donors (Lipinski definition) is 1. The van der Waals surface area contributed by atoms with Gasteiger partial charge in [-0.2, -0.15) is 0 Å². The van der Waals surface area contributed by atoms with Gasteiger partial charge in [-0.25, -0.2) is 0 Å². The lowest BCUT2D eigenvalue weighted by Gasteiger charge is -2.41. The maximum absolute atomic E-state index is 10.4. The molecule has 0 unspecified atom stereocenters. The third kappa shape index (κ3) is 4.34. The Morgan fingerprint density at radius 2 is 2.06 bits per heavy atom. The number of hydrogen-bond acceptors (Lipinski definition) is 4. The van der Waals surface area contributed by atoms with Crippen molar-refractivity contribution in [2.24, 2.45) is 5.92 Å². The van der Waals surface area contributed by atoms with E-state index in [1.165, 1.54) is 6.42 Å². The largest absolute Gasteiger partial charge is 0.393 e. The van der Waals surface area contributed by atoms with E-state index in [1.807, 2.05) is 36.5 Å². The second kappa shape index (κ2) is 7.49. The number of thioether (sulfide) groups is 2. The highest BCUT2D eigenvalue weighted by molar-refractivity contribution is 8.18. The standard InChI is InChI=1S/C13H22O2S2/c1-3-12(15)10-13(11(2)6-4-7-14)16-8-5-9-17-13/h4,6-7,11-12,15H,3,5,8-10H2,1-2H3/b6-4-/t11-,12-/m1/s1. The van der Waals surface area contributed by atoms with Crippen molar-refractivity contribution in [1.82, 2.24) is 0 Å². The van der Waals surface area contributed by atoms with E-state index < -0.39 is 0 Å². The minimum atomic E-state index is -0.236. The molecule has 2 atom stereocenters. The van der Waals surface area contributed by atoms with Crippen molar-refractivity contribution in [2.45, 2.75) is 43.3 Å². The van der Waals surface area contributed by atoms with Gasteiger partial charge in [-0.15, -0.1) is 23.5 Å². The van der Waals surface area contributed by atoms with Crippen LogP contribution in [-0.4, -0.2) is 33.1 Å². The Kier molecular flexibility index (Phi) is 6.67. The first-order valence-corrected chi connectivity index (χ1v) is 8.19. The van der Waals surface area contributed by atoms with Crippen LogP contribution in [0, 0.1) is 5.92 Å². The normalized spacial score (nSPS) is 23.5. The van der Waals surface area contributed by atoms with Crippen molar-refractivity contribution in [3.63, 3.8) is 0 Å². The van der Waals surface area contributed by atoms with E-state index in [9.17, 15) is 9.90 Å². The van der Waals surface area contributed by atoms with E-state index in [4.69, 9.17) is 0 Å². The molecule has 0 aliphatic carbocycles. The molecule has 1 aliphatic heterocycles. The van der Waals surface area contributed by atoms with E-state index in [0.717, 1.165) is 30.6 Å². The lowest BCUT2D eigenvalue weighted by molar-refractivity contribution is -0.104. The van der Waals surface area contributed by atoms with Crippen LogP contribution in [0.15, 0.2) is 12.2 Å². The fraction of sp³-hybridized carbons (Fsp3) is 0.769. The number of carbonyl (C=O) groups excluding carboxylic acids is 1. The van der Waals surface area contributed by atoms with E-state index in [-0.39, 0.29) is 10.2 Å². The third-order valence-electron chi connectivity index (χ3n) is 3.14. The van der Waals surface area contributed by atoms with Gasteiger partial charge in [0, 0.05) is 0 Å². The summed E-state index contributed by atoms with van der Waals surface area (Å²) in [7, 11) is 0. The van der Waals surface area contributed by atoms with Crippen LogP contribution in [0.3, 0.4) is 0 Å².